The molecule has 4 nitrogen and oxygen atoms in total. The number of nitrogens with two attached hydrogens (primary N) is 1. The number of H-pyrrole nitrogens is 1. The lowest BCUT2D eigenvalue weighted by Gasteiger charge is -2.16. The number of nitrogens with one attached hydrogen (secondary N) is 2. The summed E-state index contributed by atoms with van der Waals surface area (Å²) in [6, 6.07) is 7.04. The first-order valence-electron chi connectivity index (χ1n) is 8.85. The molecule has 0 radical (unpaired) electrons. The van der Waals surface area contributed by atoms with Crippen molar-refractivity contribution in [2.75, 3.05) is 6.54 Å². The molecule has 2 aromatic rings. The third-order valence-corrected chi connectivity index (χ3v) is 4.79. The van der Waals surface area contributed by atoms with E-state index in [9.17, 15) is 0 Å². The zero-order valence-corrected chi connectivity index (χ0v) is 14.1. The highest BCUT2D eigenvalue weighted by atomic mass is 15.1. The highest BCUT2D eigenvalue weighted by Gasteiger charge is 2.12. The third kappa shape index (κ3) is 4.27. The highest BCUT2D eigenvalue weighted by molar-refractivity contribution is 5.84. The predicted octanol–water partition coefficient (Wildman–Crippen LogP) is 3.65. The Morgan fingerprint density at radius 2 is 2.04 bits per heavy atom. The van der Waals surface area contributed by atoms with Crippen molar-refractivity contribution >= 4 is 16.9 Å². The van der Waals surface area contributed by atoms with Crippen LogP contribution >= 0.6 is 0 Å². The summed E-state index contributed by atoms with van der Waals surface area (Å²) >= 11 is 0. The fraction of sp³-hybridized carbons (Fsp3) is 0.526. The molecule has 0 bridgehead atoms. The molecule has 1 aromatic carbocycles. The summed E-state index contributed by atoms with van der Waals surface area (Å²) in [6.45, 7) is 2.84. The van der Waals surface area contributed by atoms with Crippen molar-refractivity contribution in [1.82, 2.24) is 10.3 Å². The topological polar surface area (TPSA) is 66.2 Å². The van der Waals surface area contributed by atoms with Gasteiger partial charge in [0, 0.05) is 29.7 Å². The van der Waals surface area contributed by atoms with Crippen LogP contribution in [-0.2, 0) is 6.42 Å². The number of fused-ring (bicyclic) bond motifs is 1. The Morgan fingerprint density at radius 1 is 1.26 bits per heavy atom. The number of hydrogen-bond acceptors (Lipinski definition) is 1. The fourth-order valence-corrected chi connectivity index (χ4v) is 3.48. The molecule has 4 heteroatoms. The van der Waals surface area contributed by atoms with Crippen LogP contribution in [0.1, 0.15) is 49.7 Å². The lowest BCUT2D eigenvalue weighted by molar-refractivity contribution is 0.530. The van der Waals surface area contributed by atoms with Crippen LogP contribution in [-0.4, -0.2) is 23.5 Å². The third-order valence-electron chi connectivity index (χ3n) is 4.79. The van der Waals surface area contributed by atoms with E-state index in [1.165, 1.54) is 60.6 Å². The summed E-state index contributed by atoms with van der Waals surface area (Å²) in [5, 5.41) is 4.70. The lowest BCUT2D eigenvalue weighted by atomic mass is 10.1. The molecular formula is C19H28N4. The molecule has 0 saturated heterocycles. The number of hydrogen-bond donors (Lipinski definition) is 3. The maximum Gasteiger partial charge on any atom is 0.188 e. The minimum atomic E-state index is 0.511. The summed E-state index contributed by atoms with van der Waals surface area (Å²) in [4.78, 5) is 7.86. The Hall–Kier alpha value is -1.97. The van der Waals surface area contributed by atoms with E-state index in [1.54, 1.807) is 0 Å². The largest absolute Gasteiger partial charge is 0.370 e. The summed E-state index contributed by atoms with van der Waals surface area (Å²) in [7, 11) is 0. The molecule has 0 amide bonds. The summed E-state index contributed by atoms with van der Waals surface area (Å²) in [5.74, 6) is 0.604. The molecule has 4 N–H and O–H groups in total. The number of benzene rings is 1. The molecule has 1 aromatic heterocycles. The van der Waals surface area contributed by atoms with Gasteiger partial charge >= 0.3 is 0 Å². The second-order valence-electron chi connectivity index (χ2n) is 6.71. The van der Waals surface area contributed by atoms with Gasteiger partial charge in [0.05, 0.1) is 0 Å². The van der Waals surface area contributed by atoms with Crippen LogP contribution in [0.3, 0.4) is 0 Å². The van der Waals surface area contributed by atoms with Crippen LogP contribution in [0.25, 0.3) is 10.9 Å². The standard InChI is InChI=1S/C19H28N4/c1-14-8-9-17-15(13-22-18(17)12-14)10-11-21-19(20)23-16-6-4-2-3-5-7-16/h8-9,12-13,16,22H,2-7,10-11H2,1H3,(H3,20,21,23). The van der Waals surface area contributed by atoms with E-state index >= 15 is 0 Å². The molecular weight excluding hydrogens is 284 g/mol. The molecule has 0 unspecified atom stereocenters. The van der Waals surface area contributed by atoms with Crippen LogP contribution in [0.15, 0.2) is 29.4 Å². The summed E-state index contributed by atoms with van der Waals surface area (Å²) in [5.41, 5.74) is 9.85. The maximum atomic E-state index is 6.06. The predicted molar refractivity (Wildman–Crippen MR) is 97.9 cm³/mol. The van der Waals surface area contributed by atoms with E-state index in [0.29, 0.717) is 12.0 Å². The van der Waals surface area contributed by atoms with Gasteiger partial charge in [-0.15, -0.1) is 0 Å². The van der Waals surface area contributed by atoms with E-state index in [0.717, 1.165) is 13.0 Å². The van der Waals surface area contributed by atoms with Gasteiger partial charge < -0.3 is 16.0 Å². The van der Waals surface area contributed by atoms with E-state index in [2.05, 4.69) is 46.6 Å². The molecule has 1 heterocycles. The Labute approximate surface area is 138 Å². The van der Waals surface area contributed by atoms with Crippen LogP contribution < -0.4 is 11.1 Å². The summed E-state index contributed by atoms with van der Waals surface area (Å²) in [6.07, 6.45) is 10.8. The number of aliphatic imine (C=N–C) groups is 1. The van der Waals surface area contributed by atoms with Gasteiger partial charge in [-0.05, 0) is 43.4 Å². The Balaban J connectivity index is 1.54. The van der Waals surface area contributed by atoms with Gasteiger partial charge in [0.25, 0.3) is 0 Å². The molecule has 1 saturated carbocycles. The average molecular weight is 312 g/mol. The van der Waals surface area contributed by atoms with Crippen LogP contribution in [0.4, 0.5) is 0 Å². The number of aromatic amines is 1. The van der Waals surface area contributed by atoms with Gasteiger partial charge in [0.2, 0.25) is 0 Å². The fourth-order valence-electron chi connectivity index (χ4n) is 3.48. The van der Waals surface area contributed by atoms with Crippen LogP contribution in [0.2, 0.25) is 0 Å². The summed E-state index contributed by atoms with van der Waals surface area (Å²) < 4.78 is 0. The van der Waals surface area contributed by atoms with Crippen LogP contribution in [0.5, 0.6) is 0 Å². The maximum absolute atomic E-state index is 6.06. The van der Waals surface area contributed by atoms with E-state index in [4.69, 9.17) is 5.73 Å². The number of guanidine groups is 1. The van der Waals surface area contributed by atoms with E-state index in [-0.39, 0.29) is 0 Å². The molecule has 124 valence electrons. The van der Waals surface area contributed by atoms with E-state index < -0.39 is 0 Å². The Kier molecular flexibility index (Phi) is 5.21. The smallest absolute Gasteiger partial charge is 0.188 e. The Morgan fingerprint density at radius 3 is 2.83 bits per heavy atom. The quantitative estimate of drug-likeness (QED) is 0.458. The van der Waals surface area contributed by atoms with Gasteiger partial charge in [-0.25, -0.2) is 0 Å². The van der Waals surface area contributed by atoms with Gasteiger partial charge in [-0.1, -0.05) is 37.8 Å². The van der Waals surface area contributed by atoms with Gasteiger partial charge in [0.15, 0.2) is 5.96 Å². The lowest BCUT2D eigenvalue weighted by Crippen LogP contribution is -2.40. The zero-order valence-electron chi connectivity index (χ0n) is 14.1. The van der Waals surface area contributed by atoms with Crippen molar-refractivity contribution < 1.29 is 0 Å². The van der Waals surface area contributed by atoms with Gasteiger partial charge in [-0.2, -0.15) is 0 Å². The van der Waals surface area contributed by atoms with Crippen molar-refractivity contribution in [3.05, 3.63) is 35.5 Å². The van der Waals surface area contributed by atoms with Gasteiger partial charge in [0.1, 0.15) is 0 Å². The van der Waals surface area contributed by atoms with Crippen molar-refractivity contribution in [3.8, 4) is 0 Å². The monoisotopic (exact) mass is 312 g/mol. The Bertz CT molecular complexity index is 663. The normalized spacial score (nSPS) is 17.3. The molecule has 0 atom stereocenters. The minimum absolute atomic E-state index is 0.511. The molecule has 1 aliphatic carbocycles. The first-order chi connectivity index (χ1) is 11.2. The van der Waals surface area contributed by atoms with Crippen molar-refractivity contribution in [1.29, 1.82) is 0 Å². The zero-order chi connectivity index (χ0) is 16.1. The SMILES string of the molecule is Cc1ccc2c(CCN=C(N)NC3CCCCCC3)c[nH]c2c1. The molecule has 0 spiro atoms. The number of nitrogens with zero attached hydrogens (tertiary/aromatic N) is 1. The van der Waals surface area contributed by atoms with Gasteiger partial charge in [-0.3, -0.25) is 4.99 Å². The molecule has 23 heavy (non-hydrogen) atoms. The van der Waals surface area contributed by atoms with Crippen molar-refractivity contribution in [2.45, 2.75) is 57.9 Å². The number of rotatable bonds is 4. The highest BCUT2D eigenvalue weighted by Crippen LogP contribution is 2.20. The second kappa shape index (κ2) is 7.53. The van der Waals surface area contributed by atoms with Crippen molar-refractivity contribution in [3.63, 3.8) is 0 Å². The number of aryl methyl sites for hydroxylation is 1. The second-order valence-corrected chi connectivity index (χ2v) is 6.71. The molecule has 1 fully saturated rings. The van der Waals surface area contributed by atoms with E-state index in [1.807, 2.05) is 0 Å². The minimum Gasteiger partial charge on any atom is -0.370 e. The average Bonchev–Trinajstić information content (AvgIpc) is 2.75. The first kappa shape index (κ1) is 15.9. The molecule has 0 aliphatic heterocycles. The number of aromatic nitrogens is 1. The molecule has 1 aliphatic rings. The van der Waals surface area contributed by atoms with Crippen molar-refractivity contribution in [2.24, 2.45) is 10.7 Å². The van der Waals surface area contributed by atoms with Crippen LogP contribution in [0, 0.1) is 6.92 Å². The molecule has 3 rings (SSSR count). The first-order valence-corrected chi connectivity index (χ1v) is 8.85.